The van der Waals surface area contributed by atoms with E-state index in [0.717, 1.165) is 31.9 Å². The molecule has 3 rings (SSSR count). The van der Waals surface area contributed by atoms with Gasteiger partial charge in [0.1, 0.15) is 27.8 Å². The van der Waals surface area contributed by atoms with Gasteiger partial charge in [0.2, 0.25) is 0 Å². The summed E-state index contributed by atoms with van der Waals surface area (Å²) >= 11 is 6.41. The number of hydrogen-bond acceptors (Lipinski definition) is 7. The summed E-state index contributed by atoms with van der Waals surface area (Å²) in [6, 6.07) is 10.6. The number of anilines is 1. The summed E-state index contributed by atoms with van der Waals surface area (Å²) in [5.74, 6) is 0.690. The van der Waals surface area contributed by atoms with Gasteiger partial charge < -0.3 is 29.2 Å². The number of nitrogens with one attached hydrogen (secondary N) is 1. The number of ether oxygens (including phenoxy) is 4. The van der Waals surface area contributed by atoms with Gasteiger partial charge >= 0.3 is 5.97 Å². The molecule has 0 saturated carbocycles. The molecular weight excluding hydrogens is 384 g/mol. The van der Waals surface area contributed by atoms with Crippen molar-refractivity contribution in [2.24, 2.45) is 0 Å². The number of hydrogen-bond donors (Lipinski definition) is 1. The lowest BCUT2D eigenvalue weighted by atomic mass is 10.1. The molecule has 28 heavy (non-hydrogen) atoms. The van der Waals surface area contributed by atoms with E-state index >= 15 is 0 Å². The minimum absolute atomic E-state index is 0.0645. The number of esters is 1. The van der Waals surface area contributed by atoms with E-state index in [1.54, 1.807) is 24.3 Å². The fourth-order valence-electron chi connectivity index (χ4n) is 2.92. The van der Waals surface area contributed by atoms with Crippen LogP contribution in [0.3, 0.4) is 0 Å². The van der Waals surface area contributed by atoms with E-state index in [4.69, 9.17) is 30.5 Å². The van der Waals surface area contributed by atoms with Crippen LogP contribution in [0, 0.1) is 0 Å². The van der Waals surface area contributed by atoms with Gasteiger partial charge in [-0.05, 0) is 24.3 Å². The van der Waals surface area contributed by atoms with Gasteiger partial charge in [0, 0.05) is 45.0 Å². The Bertz CT molecular complexity index is 824. The second kappa shape index (κ2) is 9.64. The topological polar surface area (TPSA) is 69.3 Å². The van der Waals surface area contributed by atoms with Crippen LogP contribution in [0.25, 0.3) is 0 Å². The molecule has 0 amide bonds. The van der Waals surface area contributed by atoms with Crippen LogP contribution in [-0.4, -0.2) is 53.2 Å². The summed E-state index contributed by atoms with van der Waals surface area (Å²) in [7, 11) is 2.86. The Kier molecular flexibility index (Phi) is 6.97. The van der Waals surface area contributed by atoms with Crippen molar-refractivity contribution in [1.29, 1.82) is 0 Å². The molecule has 0 atom stereocenters. The zero-order valence-electron chi connectivity index (χ0n) is 15.9. The van der Waals surface area contributed by atoms with Gasteiger partial charge in [0.15, 0.2) is 6.79 Å². The lowest BCUT2D eigenvalue weighted by Gasteiger charge is -2.30. The van der Waals surface area contributed by atoms with E-state index in [9.17, 15) is 4.79 Å². The quantitative estimate of drug-likeness (QED) is 0.558. The number of benzene rings is 2. The minimum atomic E-state index is -0.482. The fourth-order valence-corrected chi connectivity index (χ4v) is 3.13. The number of nitrogens with zero attached hydrogens (tertiary/aromatic N) is 1. The predicted octanol–water partition coefficient (Wildman–Crippen LogP) is 3.31. The maximum atomic E-state index is 12.2. The summed E-state index contributed by atoms with van der Waals surface area (Å²) in [6.45, 7) is 3.62. The van der Waals surface area contributed by atoms with Crippen molar-refractivity contribution >= 4 is 23.3 Å². The van der Waals surface area contributed by atoms with Gasteiger partial charge in [-0.1, -0.05) is 17.7 Å². The summed E-state index contributed by atoms with van der Waals surface area (Å²) in [4.78, 5) is 14.4. The monoisotopic (exact) mass is 406 g/mol. The first-order valence-corrected chi connectivity index (χ1v) is 9.28. The van der Waals surface area contributed by atoms with Gasteiger partial charge in [0.05, 0.1) is 7.11 Å². The average Bonchev–Trinajstić information content (AvgIpc) is 2.74. The van der Waals surface area contributed by atoms with Crippen molar-refractivity contribution < 1.29 is 23.7 Å². The highest BCUT2D eigenvalue weighted by Crippen LogP contribution is 2.38. The van der Waals surface area contributed by atoms with Crippen molar-refractivity contribution in [3.63, 3.8) is 0 Å². The molecule has 150 valence electrons. The van der Waals surface area contributed by atoms with Gasteiger partial charge in [-0.15, -0.1) is 0 Å². The van der Waals surface area contributed by atoms with Crippen LogP contribution in [0.1, 0.15) is 10.4 Å². The van der Waals surface area contributed by atoms with E-state index in [2.05, 4.69) is 10.2 Å². The van der Waals surface area contributed by atoms with Crippen LogP contribution in [0.5, 0.6) is 17.2 Å². The zero-order valence-corrected chi connectivity index (χ0v) is 16.6. The highest BCUT2D eigenvalue weighted by Gasteiger charge is 2.19. The molecule has 2 aromatic rings. The van der Waals surface area contributed by atoms with E-state index in [0.29, 0.717) is 27.8 Å². The standard InChI is InChI=1S/C20H23ClN2O5/c1-25-13-27-16-4-3-5-17(19(16)21)28-18-12-14(23-10-8-22-9-11-23)6-7-15(18)20(24)26-2/h3-7,12,22H,8-11,13H2,1-2H3. The predicted molar refractivity (Wildman–Crippen MR) is 107 cm³/mol. The lowest BCUT2D eigenvalue weighted by Crippen LogP contribution is -2.43. The molecule has 0 bridgehead atoms. The number of carbonyl (C=O) groups is 1. The summed E-state index contributed by atoms with van der Waals surface area (Å²) in [5.41, 5.74) is 1.28. The number of carbonyl (C=O) groups excluding carboxylic acids is 1. The highest BCUT2D eigenvalue weighted by atomic mass is 35.5. The molecule has 1 aliphatic rings. The van der Waals surface area contributed by atoms with Crippen molar-refractivity contribution in [3.05, 3.63) is 47.0 Å². The fraction of sp³-hybridized carbons (Fsp3) is 0.350. The third-order valence-electron chi connectivity index (χ3n) is 4.33. The first kappa shape index (κ1) is 20.3. The van der Waals surface area contributed by atoms with Gasteiger partial charge in [-0.3, -0.25) is 0 Å². The van der Waals surface area contributed by atoms with Gasteiger partial charge in [-0.25, -0.2) is 4.79 Å². The van der Waals surface area contributed by atoms with Gasteiger partial charge in [-0.2, -0.15) is 0 Å². The number of halogens is 1. The molecule has 1 fully saturated rings. The van der Waals surface area contributed by atoms with Crippen molar-refractivity contribution in [1.82, 2.24) is 5.32 Å². The molecule has 0 unspecified atom stereocenters. The van der Waals surface area contributed by atoms with Crippen LogP contribution in [0.2, 0.25) is 5.02 Å². The Balaban J connectivity index is 1.93. The first-order chi connectivity index (χ1) is 13.6. The Hall–Kier alpha value is -2.48. The molecule has 7 nitrogen and oxygen atoms in total. The molecule has 8 heteroatoms. The molecule has 2 aromatic carbocycles. The van der Waals surface area contributed by atoms with E-state index in [1.165, 1.54) is 14.2 Å². The Labute approximate surface area is 169 Å². The third-order valence-corrected chi connectivity index (χ3v) is 4.71. The molecule has 0 aliphatic carbocycles. The van der Waals surface area contributed by atoms with E-state index in [-0.39, 0.29) is 6.79 Å². The number of methoxy groups -OCH3 is 2. The summed E-state index contributed by atoms with van der Waals surface area (Å²) < 4.78 is 21.3. The lowest BCUT2D eigenvalue weighted by molar-refractivity contribution is 0.0511. The van der Waals surface area contributed by atoms with Gasteiger partial charge in [0.25, 0.3) is 0 Å². The van der Waals surface area contributed by atoms with Crippen LogP contribution >= 0.6 is 11.6 Å². The minimum Gasteiger partial charge on any atom is -0.466 e. The SMILES string of the molecule is COCOc1cccc(Oc2cc(N3CCNCC3)ccc2C(=O)OC)c1Cl. The maximum absolute atomic E-state index is 12.2. The summed E-state index contributed by atoms with van der Waals surface area (Å²) in [5, 5.41) is 3.61. The molecule has 1 aliphatic heterocycles. The van der Waals surface area contributed by atoms with Crippen LogP contribution in [0.15, 0.2) is 36.4 Å². The normalized spacial score (nSPS) is 13.9. The average molecular weight is 407 g/mol. The number of piperazine rings is 1. The molecular formula is C20H23ClN2O5. The first-order valence-electron chi connectivity index (χ1n) is 8.90. The smallest absolute Gasteiger partial charge is 0.341 e. The molecule has 0 spiro atoms. The van der Waals surface area contributed by atoms with Crippen LogP contribution in [0.4, 0.5) is 5.69 Å². The Morgan fingerprint density at radius 1 is 1.11 bits per heavy atom. The van der Waals surface area contributed by atoms with E-state index < -0.39 is 5.97 Å². The number of rotatable bonds is 7. The van der Waals surface area contributed by atoms with E-state index in [1.807, 2.05) is 12.1 Å². The van der Waals surface area contributed by atoms with Crippen LogP contribution in [-0.2, 0) is 9.47 Å². The molecule has 1 saturated heterocycles. The molecule has 1 heterocycles. The Morgan fingerprint density at radius 2 is 1.86 bits per heavy atom. The molecule has 0 radical (unpaired) electrons. The molecule has 1 N–H and O–H groups in total. The maximum Gasteiger partial charge on any atom is 0.341 e. The molecule has 0 aromatic heterocycles. The highest BCUT2D eigenvalue weighted by molar-refractivity contribution is 6.33. The van der Waals surface area contributed by atoms with Crippen molar-refractivity contribution in [2.75, 3.05) is 52.1 Å². The second-order valence-electron chi connectivity index (χ2n) is 6.13. The van der Waals surface area contributed by atoms with Crippen LogP contribution < -0.4 is 19.7 Å². The Morgan fingerprint density at radius 3 is 2.57 bits per heavy atom. The van der Waals surface area contributed by atoms with Crippen molar-refractivity contribution in [3.8, 4) is 17.2 Å². The largest absolute Gasteiger partial charge is 0.466 e. The second-order valence-corrected chi connectivity index (χ2v) is 6.51. The van der Waals surface area contributed by atoms with Crippen molar-refractivity contribution in [2.45, 2.75) is 0 Å². The zero-order chi connectivity index (χ0) is 19.9. The third kappa shape index (κ3) is 4.67. The summed E-state index contributed by atoms with van der Waals surface area (Å²) in [6.07, 6.45) is 0.